The number of hydrogen-bond donors (Lipinski definition) is 1. The number of amides is 1. The van der Waals surface area contributed by atoms with E-state index in [2.05, 4.69) is 0 Å². The Kier molecular flexibility index (Phi) is 5.39. The largest absolute Gasteiger partial charge is 0.508 e. The third kappa shape index (κ3) is 4.02. The maximum Gasteiger partial charge on any atom is 0.254 e. The first-order valence-electron chi connectivity index (χ1n) is 8.80. The normalized spacial score (nSPS) is 16.8. The van der Waals surface area contributed by atoms with Crippen LogP contribution in [0.3, 0.4) is 0 Å². The Labute approximate surface area is 149 Å². The highest BCUT2D eigenvalue weighted by molar-refractivity contribution is 5.96. The van der Waals surface area contributed by atoms with Gasteiger partial charge in [-0.2, -0.15) is 0 Å². The minimum Gasteiger partial charge on any atom is -0.508 e. The molecule has 0 radical (unpaired) electrons. The second-order valence-corrected chi connectivity index (χ2v) is 6.70. The summed E-state index contributed by atoms with van der Waals surface area (Å²) in [7, 11) is 0. The number of aromatic hydroxyl groups is 1. The van der Waals surface area contributed by atoms with E-state index in [9.17, 15) is 9.90 Å². The molecule has 4 heteroatoms. The molecule has 2 aromatic rings. The van der Waals surface area contributed by atoms with Gasteiger partial charge in [0.15, 0.2) is 0 Å². The van der Waals surface area contributed by atoms with Crippen molar-refractivity contribution in [2.24, 2.45) is 0 Å². The SMILES string of the molecule is Cc1cccc(C(=O)N(Cc2ccccc2O)C[C@@H]2CCCO2)c1C. The summed E-state index contributed by atoms with van der Waals surface area (Å²) in [5, 5.41) is 10.1. The fourth-order valence-corrected chi connectivity index (χ4v) is 3.26. The zero-order chi connectivity index (χ0) is 17.8. The quantitative estimate of drug-likeness (QED) is 0.901. The van der Waals surface area contributed by atoms with E-state index in [1.807, 2.05) is 44.2 Å². The van der Waals surface area contributed by atoms with Gasteiger partial charge in [-0.05, 0) is 49.9 Å². The van der Waals surface area contributed by atoms with Gasteiger partial charge in [-0.25, -0.2) is 0 Å². The average molecular weight is 339 g/mol. The van der Waals surface area contributed by atoms with E-state index in [1.54, 1.807) is 17.0 Å². The van der Waals surface area contributed by atoms with Gasteiger partial charge in [-0.1, -0.05) is 30.3 Å². The summed E-state index contributed by atoms with van der Waals surface area (Å²) in [5.41, 5.74) is 3.57. The summed E-state index contributed by atoms with van der Waals surface area (Å²) in [4.78, 5) is 15.0. The average Bonchev–Trinajstić information content (AvgIpc) is 3.11. The molecule has 1 aliphatic heterocycles. The van der Waals surface area contributed by atoms with E-state index in [1.165, 1.54) is 0 Å². The van der Waals surface area contributed by atoms with E-state index >= 15 is 0 Å². The second-order valence-electron chi connectivity index (χ2n) is 6.70. The molecule has 1 heterocycles. The first-order chi connectivity index (χ1) is 12.1. The van der Waals surface area contributed by atoms with Crippen molar-refractivity contribution < 1.29 is 14.6 Å². The predicted molar refractivity (Wildman–Crippen MR) is 97.7 cm³/mol. The number of phenolic OH excluding ortho intramolecular Hbond substituents is 1. The molecule has 3 rings (SSSR count). The van der Waals surface area contributed by atoms with Crippen LogP contribution in [-0.2, 0) is 11.3 Å². The van der Waals surface area contributed by atoms with E-state index in [4.69, 9.17) is 4.74 Å². The van der Waals surface area contributed by atoms with Crippen LogP contribution in [0.1, 0.15) is 39.9 Å². The van der Waals surface area contributed by atoms with Crippen molar-refractivity contribution in [1.82, 2.24) is 4.90 Å². The molecule has 1 N–H and O–H groups in total. The molecule has 0 aromatic heterocycles. The molecule has 1 amide bonds. The van der Waals surface area contributed by atoms with Crippen molar-refractivity contribution in [1.29, 1.82) is 0 Å². The van der Waals surface area contributed by atoms with Crippen LogP contribution in [0.25, 0.3) is 0 Å². The summed E-state index contributed by atoms with van der Waals surface area (Å²) in [5.74, 6) is 0.202. The van der Waals surface area contributed by atoms with Crippen LogP contribution in [0.15, 0.2) is 42.5 Å². The molecule has 0 saturated carbocycles. The molecule has 25 heavy (non-hydrogen) atoms. The molecule has 132 valence electrons. The molecular weight excluding hydrogens is 314 g/mol. The van der Waals surface area contributed by atoms with Gasteiger partial charge in [0.05, 0.1) is 6.10 Å². The van der Waals surface area contributed by atoms with Gasteiger partial charge < -0.3 is 14.7 Å². The summed E-state index contributed by atoms with van der Waals surface area (Å²) < 4.78 is 5.73. The van der Waals surface area contributed by atoms with Crippen molar-refractivity contribution >= 4 is 5.91 Å². The number of benzene rings is 2. The Hall–Kier alpha value is -2.33. The molecule has 0 unspecified atom stereocenters. The van der Waals surface area contributed by atoms with Gasteiger partial charge in [-0.15, -0.1) is 0 Å². The van der Waals surface area contributed by atoms with Crippen LogP contribution >= 0.6 is 0 Å². The lowest BCUT2D eigenvalue weighted by Crippen LogP contribution is -2.37. The molecule has 2 aromatic carbocycles. The minimum atomic E-state index is -0.0139. The smallest absolute Gasteiger partial charge is 0.254 e. The highest BCUT2D eigenvalue weighted by atomic mass is 16.5. The number of rotatable bonds is 5. The third-order valence-corrected chi connectivity index (χ3v) is 4.92. The Morgan fingerprint density at radius 3 is 2.72 bits per heavy atom. The maximum absolute atomic E-state index is 13.2. The van der Waals surface area contributed by atoms with Gasteiger partial charge in [0.1, 0.15) is 5.75 Å². The Morgan fingerprint density at radius 1 is 1.20 bits per heavy atom. The number of nitrogens with zero attached hydrogens (tertiary/aromatic N) is 1. The highest BCUT2D eigenvalue weighted by Crippen LogP contribution is 2.23. The van der Waals surface area contributed by atoms with Crippen molar-refractivity contribution in [3.8, 4) is 5.75 Å². The van der Waals surface area contributed by atoms with E-state index in [0.717, 1.165) is 36.1 Å². The Morgan fingerprint density at radius 2 is 2.00 bits per heavy atom. The zero-order valence-electron chi connectivity index (χ0n) is 14.9. The standard InChI is InChI=1S/C21H25NO3/c1-15-7-5-10-19(16(15)2)21(24)22(14-18-9-6-12-25-18)13-17-8-3-4-11-20(17)23/h3-5,7-8,10-11,18,23H,6,9,12-14H2,1-2H3/t18-/m0/s1. The third-order valence-electron chi connectivity index (χ3n) is 4.92. The lowest BCUT2D eigenvalue weighted by molar-refractivity contribution is 0.0505. The predicted octanol–water partition coefficient (Wildman–Crippen LogP) is 3.83. The molecule has 0 aliphatic carbocycles. The van der Waals surface area contributed by atoms with Gasteiger partial charge >= 0.3 is 0 Å². The molecule has 1 saturated heterocycles. The highest BCUT2D eigenvalue weighted by Gasteiger charge is 2.25. The van der Waals surface area contributed by atoms with Crippen LogP contribution in [0.4, 0.5) is 0 Å². The fraction of sp³-hybridized carbons (Fsp3) is 0.381. The Bertz CT molecular complexity index is 751. The maximum atomic E-state index is 13.2. The van der Waals surface area contributed by atoms with Crippen LogP contribution in [0, 0.1) is 13.8 Å². The molecular formula is C21H25NO3. The molecule has 1 aliphatic rings. The van der Waals surface area contributed by atoms with Crippen LogP contribution in [0.5, 0.6) is 5.75 Å². The number of hydrogen-bond acceptors (Lipinski definition) is 3. The second kappa shape index (κ2) is 7.70. The Balaban J connectivity index is 1.88. The molecule has 0 spiro atoms. The van der Waals surface area contributed by atoms with E-state index in [0.29, 0.717) is 18.7 Å². The van der Waals surface area contributed by atoms with Crippen LogP contribution in [0.2, 0.25) is 0 Å². The first kappa shape index (κ1) is 17.5. The number of aryl methyl sites for hydroxylation is 1. The molecule has 4 nitrogen and oxygen atoms in total. The summed E-state index contributed by atoms with van der Waals surface area (Å²) in [6.45, 7) is 5.67. The van der Waals surface area contributed by atoms with Gasteiger partial charge in [-0.3, -0.25) is 4.79 Å². The van der Waals surface area contributed by atoms with Crippen molar-refractivity contribution in [2.45, 2.75) is 39.3 Å². The van der Waals surface area contributed by atoms with E-state index < -0.39 is 0 Å². The topological polar surface area (TPSA) is 49.8 Å². The molecule has 1 atom stereocenters. The van der Waals surface area contributed by atoms with Crippen molar-refractivity contribution in [3.63, 3.8) is 0 Å². The molecule has 0 bridgehead atoms. The fourth-order valence-electron chi connectivity index (χ4n) is 3.26. The number of carbonyl (C=O) groups excluding carboxylic acids is 1. The molecule has 1 fully saturated rings. The number of phenols is 1. The van der Waals surface area contributed by atoms with Gasteiger partial charge in [0.25, 0.3) is 5.91 Å². The van der Waals surface area contributed by atoms with Crippen molar-refractivity contribution in [2.75, 3.05) is 13.2 Å². The van der Waals surface area contributed by atoms with E-state index in [-0.39, 0.29) is 17.8 Å². The number of carbonyl (C=O) groups is 1. The lowest BCUT2D eigenvalue weighted by Gasteiger charge is -2.27. The number of para-hydroxylation sites is 1. The number of ether oxygens (including phenoxy) is 1. The zero-order valence-corrected chi connectivity index (χ0v) is 14.9. The van der Waals surface area contributed by atoms with Gasteiger partial charge in [0.2, 0.25) is 0 Å². The summed E-state index contributed by atoms with van der Waals surface area (Å²) >= 11 is 0. The van der Waals surface area contributed by atoms with Gasteiger partial charge in [0, 0.05) is 30.8 Å². The lowest BCUT2D eigenvalue weighted by atomic mass is 10.0. The van der Waals surface area contributed by atoms with Crippen LogP contribution < -0.4 is 0 Å². The van der Waals surface area contributed by atoms with Crippen LogP contribution in [-0.4, -0.2) is 35.2 Å². The minimum absolute atomic E-state index is 0.0139. The summed E-state index contributed by atoms with van der Waals surface area (Å²) in [6, 6.07) is 13.0. The first-order valence-corrected chi connectivity index (χ1v) is 8.80. The monoisotopic (exact) mass is 339 g/mol. The van der Waals surface area contributed by atoms with Crippen molar-refractivity contribution in [3.05, 3.63) is 64.7 Å². The summed E-state index contributed by atoms with van der Waals surface area (Å²) in [6.07, 6.45) is 2.07.